The highest BCUT2D eigenvalue weighted by molar-refractivity contribution is 7.70. The van der Waals surface area contributed by atoms with Crippen LogP contribution in [0.3, 0.4) is 0 Å². The van der Waals surface area contributed by atoms with Gasteiger partial charge in [0.1, 0.15) is 6.61 Å². The quantitative estimate of drug-likeness (QED) is 0.526. The Hall–Kier alpha value is -2.32. The van der Waals surface area contributed by atoms with E-state index in [4.69, 9.17) is 4.74 Å². The van der Waals surface area contributed by atoms with Crippen molar-refractivity contribution in [3.8, 4) is 0 Å². The average molecular weight is 403 g/mol. The summed E-state index contributed by atoms with van der Waals surface area (Å²) in [6.45, 7) is 1.60. The third kappa shape index (κ3) is 5.00. The standard InChI is InChI=1S/C25H26NO2P/c27-25(20-28-19-21-11-4-1-5-12-21)24-17-10-18-26(24)29(22-13-6-2-7-14-22)23-15-8-3-9-16-23/h1-9,11-16,24H,10,17-20H2. The van der Waals surface area contributed by atoms with E-state index < -0.39 is 8.07 Å². The molecular weight excluding hydrogens is 377 g/mol. The molecule has 1 fully saturated rings. The molecule has 0 N–H and O–H groups in total. The van der Waals surface area contributed by atoms with Gasteiger partial charge in [-0.3, -0.25) is 9.46 Å². The van der Waals surface area contributed by atoms with Gasteiger partial charge in [0, 0.05) is 14.6 Å². The van der Waals surface area contributed by atoms with Gasteiger partial charge < -0.3 is 4.74 Å². The van der Waals surface area contributed by atoms with E-state index in [1.807, 2.05) is 42.5 Å². The van der Waals surface area contributed by atoms with Crippen LogP contribution in [0.25, 0.3) is 0 Å². The van der Waals surface area contributed by atoms with Crippen molar-refractivity contribution in [2.75, 3.05) is 13.2 Å². The molecule has 1 atom stereocenters. The molecule has 3 aromatic carbocycles. The summed E-state index contributed by atoms with van der Waals surface area (Å²) < 4.78 is 8.19. The van der Waals surface area contributed by atoms with Gasteiger partial charge in [0.15, 0.2) is 5.78 Å². The van der Waals surface area contributed by atoms with Crippen molar-refractivity contribution < 1.29 is 9.53 Å². The Kier molecular flexibility index (Phi) is 6.84. The Morgan fingerprint density at radius 2 is 1.41 bits per heavy atom. The zero-order valence-corrected chi connectivity index (χ0v) is 17.4. The summed E-state index contributed by atoms with van der Waals surface area (Å²) in [7, 11) is -0.726. The molecule has 4 rings (SSSR count). The highest BCUT2D eigenvalue weighted by Gasteiger charge is 2.36. The zero-order valence-electron chi connectivity index (χ0n) is 16.5. The number of hydrogen-bond donors (Lipinski definition) is 0. The van der Waals surface area contributed by atoms with Crippen molar-refractivity contribution in [3.63, 3.8) is 0 Å². The summed E-state index contributed by atoms with van der Waals surface area (Å²) in [6, 6.07) is 31.1. The number of ether oxygens (including phenoxy) is 1. The fourth-order valence-corrected chi connectivity index (χ4v) is 6.51. The summed E-state index contributed by atoms with van der Waals surface area (Å²) in [6.07, 6.45) is 1.96. The van der Waals surface area contributed by atoms with Crippen LogP contribution in [0.15, 0.2) is 91.0 Å². The Bertz CT molecular complexity index is 862. The summed E-state index contributed by atoms with van der Waals surface area (Å²) in [5, 5.41) is 2.58. The van der Waals surface area contributed by atoms with E-state index in [0.717, 1.165) is 24.9 Å². The van der Waals surface area contributed by atoms with Crippen LogP contribution in [0, 0.1) is 0 Å². The van der Waals surface area contributed by atoms with Gasteiger partial charge in [0.05, 0.1) is 12.6 Å². The Labute approximate surface area is 174 Å². The lowest BCUT2D eigenvalue weighted by Gasteiger charge is -2.33. The first-order valence-electron chi connectivity index (χ1n) is 10.1. The van der Waals surface area contributed by atoms with Crippen LogP contribution in [0.5, 0.6) is 0 Å². The van der Waals surface area contributed by atoms with Gasteiger partial charge in [0.2, 0.25) is 0 Å². The predicted octanol–water partition coefficient (Wildman–Crippen LogP) is 4.28. The molecule has 0 spiro atoms. The fraction of sp³-hybridized carbons (Fsp3) is 0.240. The van der Waals surface area contributed by atoms with Crippen LogP contribution < -0.4 is 10.6 Å². The lowest BCUT2D eigenvalue weighted by molar-refractivity contribution is -0.127. The highest BCUT2D eigenvalue weighted by atomic mass is 31.1. The number of rotatable bonds is 8. The molecule has 0 aromatic heterocycles. The summed E-state index contributed by atoms with van der Waals surface area (Å²) in [5.41, 5.74) is 1.10. The Morgan fingerprint density at radius 1 is 0.862 bits per heavy atom. The number of ketones is 1. The number of hydrogen-bond acceptors (Lipinski definition) is 3. The Morgan fingerprint density at radius 3 is 2.00 bits per heavy atom. The van der Waals surface area contributed by atoms with Crippen molar-refractivity contribution in [2.45, 2.75) is 25.5 Å². The second-order valence-electron chi connectivity index (χ2n) is 7.25. The van der Waals surface area contributed by atoms with Crippen LogP contribution >= 0.6 is 8.07 Å². The first kappa shape index (κ1) is 20.0. The number of benzene rings is 3. The van der Waals surface area contributed by atoms with E-state index >= 15 is 0 Å². The van der Waals surface area contributed by atoms with Crippen molar-refractivity contribution in [1.29, 1.82) is 0 Å². The molecule has 1 heterocycles. The summed E-state index contributed by atoms with van der Waals surface area (Å²) >= 11 is 0. The maximum absolute atomic E-state index is 13.1. The van der Waals surface area contributed by atoms with E-state index in [1.54, 1.807) is 0 Å². The number of carbonyl (C=O) groups is 1. The molecular formula is C25H26NO2P. The first-order valence-corrected chi connectivity index (χ1v) is 11.4. The maximum Gasteiger partial charge on any atom is 0.175 e. The molecule has 1 aliphatic rings. The van der Waals surface area contributed by atoms with Gasteiger partial charge >= 0.3 is 0 Å². The van der Waals surface area contributed by atoms with Gasteiger partial charge in [-0.05, 0) is 29.0 Å². The SMILES string of the molecule is O=C(COCc1ccccc1)C1CCCN1P(c1ccccc1)c1ccccc1. The van der Waals surface area contributed by atoms with E-state index in [2.05, 4.69) is 53.2 Å². The Balaban J connectivity index is 1.49. The molecule has 1 unspecified atom stereocenters. The van der Waals surface area contributed by atoms with Crippen molar-refractivity contribution >= 4 is 24.5 Å². The molecule has 0 bridgehead atoms. The van der Waals surface area contributed by atoms with Crippen LogP contribution in [0.1, 0.15) is 18.4 Å². The third-order valence-corrected chi connectivity index (χ3v) is 7.78. The molecule has 1 saturated heterocycles. The highest BCUT2D eigenvalue weighted by Crippen LogP contribution is 2.44. The van der Waals surface area contributed by atoms with Gasteiger partial charge in [-0.15, -0.1) is 0 Å². The van der Waals surface area contributed by atoms with Crippen LogP contribution in [-0.2, 0) is 16.1 Å². The lowest BCUT2D eigenvalue weighted by atomic mass is 10.1. The van der Waals surface area contributed by atoms with Gasteiger partial charge in [-0.1, -0.05) is 91.0 Å². The minimum atomic E-state index is -0.726. The molecule has 1 aliphatic heterocycles. The monoisotopic (exact) mass is 403 g/mol. The maximum atomic E-state index is 13.1. The normalized spacial score (nSPS) is 16.9. The van der Waals surface area contributed by atoms with E-state index in [0.29, 0.717) is 6.61 Å². The molecule has 0 amide bonds. The molecule has 3 aromatic rings. The molecule has 0 aliphatic carbocycles. The van der Waals surface area contributed by atoms with Crippen molar-refractivity contribution in [2.24, 2.45) is 0 Å². The smallest absolute Gasteiger partial charge is 0.175 e. The van der Waals surface area contributed by atoms with E-state index in [1.165, 1.54) is 10.6 Å². The second-order valence-corrected chi connectivity index (χ2v) is 9.42. The molecule has 3 nitrogen and oxygen atoms in total. The third-order valence-electron chi connectivity index (χ3n) is 5.21. The van der Waals surface area contributed by atoms with Crippen LogP contribution in [0.4, 0.5) is 0 Å². The minimum absolute atomic E-state index is 0.0719. The lowest BCUT2D eigenvalue weighted by Crippen LogP contribution is -2.39. The molecule has 4 heteroatoms. The molecule has 148 valence electrons. The molecule has 0 radical (unpaired) electrons. The van der Waals surface area contributed by atoms with E-state index in [9.17, 15) is 4.79 Å². The predicted molar refractivity (Wildman–Crippen MR) is 120 cm³/mol. The molecule has 29 heavy (non-hydrogen) atoms. The van der Waals surface area contributed by atoms with Crippen LogP contribution in [0.2, 0.25) is 0 Å². The topological polar surface area (TPSA) is 29.5 Å². The minimum Gasteiger partial charge on any atom is -0.369 e. The van der Waals surface area contributed by atoms with Gasteiger partial charge in [-0.25, -0.2) is 0 Å². The summed E-state index contributed by atoms with van der Waals surface area (Å²) in [4.78, 5) is 13.1. The second kappa shape index (κ2) is 9.93. The zero-order chi connectivity index (χ0) is 19.9. The van der Waals surface area contributed by atoms with Crippen molar-refractivity contribution in [1.82, 2.24) is 4.67 Å². The average Bonchev–Trinajstić information content (AvgIpc) is 3.26. The largest absolute Gasteiger partial charge is 0.369 e. The fourth-order valence-electron chi connectivity index (χ4n) is 3.84. The van der Waals surface area contributed by atoms with Gasteiger partial charge in [-0.2, -0.15) is 0 Å². The van der Waals surface area contributed by atoms with Crippen molar-refractivity contribution in [3.05, 3.63) is 96.6 Å². The van der Waals surface area contributed by atoms with Crippen LogP contribution in [-0.4, -0.2) is 29.6 Å². The number of Topliss-reactive ketones (excluding diaryl/α,β-unsaturated/α-hetero) is 1. The number of carbonyl (C=O) groups excluding carboxylic acids is 1. The van der Waals surface area contributed by atoms with Gasteiger partial charge in [0.25, 0.3) is 0 Å². The summed E-state index contributed by atoms with van der Waals surface area (Å²) in [5.74, 6) is 0.192. The molecule has 0 saturated carbocycles. The number of nitrogens with zero attached hydrogens (tertiary/aromatic N) is 1. The first-order chi connectivity index (χ1) is 14.3. The van der Waals surface area contributed by atoms with E-state index in [-0.39, 0.29) is 18.4 Å².